The fourth-order valence-electron chi connectivity index (χ4n) is 3.80. The van der Waals surface area contributed by atoms with Crippen molar-refractivity contribution in [1.29, 1.82) is 0 Å². The van der Waals surface area contributed by atoms with E-state index in [4.69, 9.17) is 9.47 Å². The zero-order chi connectivity index (χ0) is 19.9. The Balaban J connectivity index is 1.61. The molecule has 0 spiro atoms. The number of nitrogens with one attached hydrogen (secondary N) is 1. The third-order valence-corrected chi connectivity index (χ3v) is 5.26. The second-order valence-corrected chi connectivity index (χ2v) is 7.16. The van der Waals surface area contributed by atoms with Gasteiger partial charge in [0.1, 0.15) is 6.61 Å². The van der Waals surface area contributed by atoms with Crippen LogP contribution in [0.25, 0.3) is 0 Å². The van der Waals surface area contributed by atoms with Crippen molar-refractivity contribution in [3.8, 4) is 11.5 Å². The molecule has 0 radical (unpaired) electrons. The summed E-state index contributed by atoms with van der Waals surface area (Å²) in [6.45, 7) is 4.49. The molecule has 0 aliphatic carbocycles. The summed E-state index contributed by atoms with van der Waals surface area (Å²) in [7, 11) is 1.69. The van der Waals surface area contributed by atoms with Crippen molar-refractivity contribution >= 4 is 0 Å². The van der Waals surface area contributed by atoms with E-state index in [1.165, 1.54) is 11.1 Å². The number of hydrogen-bond acceptors (Lipinski definition) is 5. The molecule has 4 rings (SSSR count). The smallest absolute Gasteiger partial charge is 0.161 e. The lowest BCUT2D eigenvalue weighted by atomic mass is 9.97. The maximum Gasteiger partial charge on any atom is 0.161 e. The monoisotopic (exact) mass is 389 g/mol. The number of hydrogen-bond donors (Lipinski definition) is 1. The van der Waals surface area contributed by atoms with Crippen LogP contribution in [0.15, 0.2) is 73.1 Å². The van der Waals surface area contributed by atoms with Crippen LogP contribution in [0.5, 0.6) is 11.5 Å². The molecule has 2 aromatic carbocycles. The van der Waals surface area contributed by atoms with Crippen LogP contribution in [0.3, 0.4) is 0 Å². The van der Waals surface area contributed by atoms with Crippen LogP contribution in [0, 0.1) is 0 Å². The van der Waals surface area contributed by atoms with Crippen LogP contribution >= 0.6 is 0 Å². The largest absolute Gasteiger partial charge is 0.493 e. The minimum Gasteiger partial charge on any atom is -0.493 e. The van der Waals surface area contributed by atoms with Crippen molar-refractivity contribution in [2.75, 3.05) is 33.3 Å². The number of benzene rings is 2. The fraction of sp³-hybridized carbons (Fsp3) is 0.292. The van der Waals surface area contributed by atoms with Gasteiger partial charge in [-0.15, -0.1) is 0 Å². The molecule has 1 atom stereocenters. The lowest BCUT2D eigenvalue weighted by Crippen LogP contribution is -2.45. The molecule has 2 heterocycles. The van der Waals surface area contributed by atoms with Gasteiger partial charge in [-0.3, -0.25) is 9.88 Å². The molecule has 5 nitrogen and oxygen atoms in total. The molecule has 1 fully saturated rings. The normalized spacial score (nSPS) is 15.6. The summed E-state index contributed by atoms with van der Waals surface area (Å²) in [6, 6.07) is 20.7. The average molecular weight is 389 g/mol. The maximum atomic E-state index is 6.04. The van der Waals surface area contributed by atoms with E-state index in [1.807, 2.05) is 42.7 Å². The Labute approximate surface area is 172 Å². The van der Waals surface area contributed by atoms with Gasteiger partial charge < -0.3 is 14.8 Å². The second kappa shape index (κ2) is 9.54. The van der Waals surface area contributed by atoms with Crippen molar-refractivity contribution in [3.05, 3.63) is 89.7 Å². The molecule has 3 aromatic rings. The van der Waals surface area contributed by atoms with Gasteiger partial charge >= 0.3 is 0 Å². The number of ether oxygens (including phenoxy) is 2. The molecular weight excluding hydrogens is 362 g/mol. The highest BCUT2D eigenvalue weighted by Crippen LogP contribution is 2.35. The highest BCUT2D eigenvalue weighted by molar-refractivity contribution is 5.46. The molecule has 5 heteroatoms. The van der Waals surface area contributed by atoms with Crippen molar-refractivity contribution < 1.29 is 9.47 Å². The molecule has 1 aliphatic heterocycles. The first-order valence-corrected chi connectivity index (χ1v) is 10.0. The van der Waals surface area contributed by atoms with E-state index in [2.05, 4.69) is 45.5 Å². The Bertz CT molecular complexity index is 897. The van der Waals surface area contributed by atoms with Crippen molar-refractivity contribution in [1.82, 2.24) is 15.2 Å². The van der Waals surface area contributed by atoms with E-state index in [9.17, 15) is 0 Å². The predicted octanol–water partition coefficient (Wildman–Crippen LogP) is 3.66. The van der Waals surface area contributed by atoms with E-state index in [-0.39, 0.29) is 6.04 Å². The summed E-state index contributed by atoms with van der Waals surface area (Å²) in [4.78, 5) is 6.84. The molecule has 1 N–H and O–H groups in total. The first kappa shape index (κ1) is 19.4. The number of methoxy groups -OCH3 is 1. The van der Waals surface area contributed by atoms with Gasteiger partial charge in [0.25, 0.3) is 0 Å². The van der Waals surface area contributed by atoms with Gasteiger partial charge in [-0.25, -0.2) is 0 Å². The number of nitrogens with zero attached hydrogens (tertiary/aromatic N) is 2. The second-order valence-electron chi connectivity index (χ2n) is 7.16. The zero-order valence-electron chi connectivity index (χ0n) is 16.8. The van der Waals surface area contributed by atoms with Gasteiger partial charge in [0.15, 0.2) is 11.5 Å². The van der Waals surface area contributed by atoms with Gasteiger partial charge in [0, 0.05) is 38.6 Å². The SMILES string of the molecule is COc1cc(C(c2cccnc2)N2CCNCC2)ccc1OCc1ccccc1. The Hall–Kier alpha value is -2.89. The van der Waals surface area contributed by atoms with Crippen LogP contribution in [0.2, 0.25) is 0 Å². The van der Waals surface area contributed by atoms with Crippen LogP contribution in [-0.2, 0) is 6.61 Å². The van der Waals surface area contributed by atoms with Gasteiger partial charge in [-0.1, -0.05) is 42.5 Å². The minimum absolute atomic E-state index is 0.142. The molecule has 0 bridgehead atoms. The lowest BCUT2D eigenvalue weighted by molar-refractivity contribution is 0.197. The quantitative estimate of drug-likeness (QED) is 0.668. The molecule has 1 aliphatic rings. The Morgan fingerprint density at radius 2 is 1.79 bits per heavy atom. The van der Waals surface area contributed by atoms with E-state index < -0.39 is 0 Å². The molecule has 29 heavy (non-hydrogen) atoms. The molecule has 150 valence electrons. The van der Waals surface area contributed by atoms with Gasteiger partial charge in [0.05, 0.1) is 13.2 Å². The standard InChI is InChI=1S/C24H27N3O2/c1-28-23-16-20(9-10-22(23)29-18-19-6-3-2-4-7-19)24(21-8-5-11-26-17-21)27-14-12-25-13-15-27/h2-11,16-17,24-25H,12-15,18H2,1H3. The topological polar surface area (TPSA) is 46.6 Å². The maximum absolute atomic E-state index is 6.04. The van der Waals surface area contributed by atoms with E-state index in [0.717, 1.165) is 43.2 Å². The third kappa shape index (κ3) is 4.75. The van der Waals surface area contributed by atoms with Gasteiger partial charge in [-0.05, 0) is 34.9 Å². The lowest BCUT2D eigenvalue weighted by Gasteiger charge is -2.35. The molecule has 1 saturated heterocycles. The molecular formula is C24H27N3O2. The highest BCUT2D eigenvalue weighted by Gasteiger charge is 2.25. The zero-order valence-corrected chi connectivity index (χ0v) is 16.8. The van der Waals surface area contributed by atoms with E-state index in [0.29, 0.717) is 6.61 Å². The molecule has 0 amide bonds. The van der Waals surface area contributed by atoms with Crippen LogP contribution < -0.4 is 14.8 Å². The molecule has 1 unspecified atom stereocenters. The number of piperazine rings is 1. The fourth-order valence-corrected chi connectivity index (χ4v) is 3.80. The van der Waals surface area contributed by atoms with Crippen LogP contribution in [0.4, 0.5) is 0 Å². The van der Waals surface area contributed by atoms with Crippen molar-refractivity contribution in [2.45, 2.75) is 12.6 Å². The number of pyridine rings is 1. The summed E-state index contributed by atoms with van der Waals surface area (Å²) in [5, 5.41) is 3.43. The summed E-state index contributed by atoms with van der Waals surface area (Å²) in [5.41, 5.74) is 3.51. The molecule has 1 aromatic heterocycles. The predicted molar refractivity (Wildman–Crippen MR) is 114 cm³/mol. The Kier molecular flexibility index (Phi) is 6.39. The van der Waals surface area contributed by atoms with Gasteiger partial charge in [0.2, 0.25) is 0 Å². The molecule has 0 saturated carbocycles. The summed E-state index contributed by atoms with van der Waals surface area (Å²) in [5.74, 6) is 1.51. The Morgan fingerprint density at radius 1 is 0.966 bits per heavy atom. The van der Waals surface area contributed by atoms with Gasteiger partial charge in [-0.2, -0.15) is 0 Å². The van der Waals surface area contributed by atoms with E-state index in [1.54, 1.807) is 7.11 Å². The summed E-state index contributed by atoms with van der Waals surface area (Å²) < 4.78 is 11.7. The number of rotatable bonds is 7. The van der Waals surface area contributed by atoms with Crippen LogP contribution in [0.1, 0.15) is 22.7 Å². The first-order chi connectivity index (χ1) is 14.3. The Morgan fingerprint density at radius 3 is 2.52 bits per heavy atom. The average Bonchev–Trinajstić information content (AvgIpc) is 2.80. The van der Waals surface area contributed by atoms with Crippen molar-refractivity contribution in [3.63, 3.8) is 0 Å². The highest BCUT2D eigenvalue weighted by atomic mass is 16.5. The number of aromatic nitrogens is 1. The third-order valence-electron chi connectivity index (χ3n) is 5.26. The van der Waals surface area contributed by atoms with Crippen molar-refractivity contribution in [2.24, 2.45) is 0 Å². The summed E-state index contributed by atoms with van der Waals surface area (Å²) >= 11 is 0. The van der Waals surface area contributed by atoms with Crippen LogP contribution in [-0.4, -0.2) is 43.2 Å². The first-order valence-electron chi connectivity index (χ1n) is 10.0. The van der Waals surface area contributed by atoms with E-state index >= 15 is 0 Å². The summed E-state index contributed by atoms with van der Waals surface area (Å²) in [6.07, 6.45) is 3.78. The minimum atomic E-state index is 0.142.